The van der Waals surface area contributed by atoms with E-state index in [9.17, 15) is 4.39 Å². The molecule has 0 aromatic heterocycles. The highest BCUT2D eigenvalue weighted by molar-refractivity contribution is 9.10. The summed E-state index contributed by atoms with van der Waals surface area (Å²) in [5.41, 5.74) is 0.997. The van der Waals surface area contributed by atoms with E-state index in [1.54, 1.807) is 12.1 Å². The quantitative estimate of drug-likeness (QED) is 0.920. The lowest BCUT2D eigenvalue weighted by atomic mass is 10.1. The zero-order chi connectivity index (χ0) is 12.3. The highest BCUT2D eigenvalue weighted by Gasteiger charge is 2.18. The molecule has 17 heavy (non-hydrogen) atoms. The fourth-order valence-electron chi connectivity index (χ4n) is 2.26. The first kappa shape index (κ1) is 13.0. The molecule has 0 radical (unpaired) electrons. The molecule has 2 nitrogen and oxygen atoms in total. The van der Waals surface area contributed by atoms with Crippen LogP contribution in [0.4, 0.5) is 4.39 Å². The van der Waals surface area contributed by atoms with Gasteiger partial charge in [-0.3, -0.25) is 0 Å². The molecular weight excluding hydrogens is 283 g/mol. The van der Waals surface area contributed by atoms with Crippen molar-refractivity contribution >= 4 is 15.9 Å². The number of nitrogens with zero attached hydrogens (tertiary/aromatic N) is 1. The highest BCUT2D eigenvalue weighted by Crippen LogP contribution is 2.17. The molecule has 1 unspecified atom stereocenters. The molecule has 1 atom stereocenters. The van der Waals surface area contributed by atoms with E-state index in [0.717, 1.165) is 24.6 Å². The Hall–Kier alpha value is -0.450. The molecule has 0 saturated carbocycles. The van der Waals surface area contributed by atoms with Crippen LogP contribution in [0.25, 0.3) is 0 Å². The van der Waals surface area contributed by atoms with Gasteiger partial charge in [-0.25, -0.2) is 4.39 Å². The van der Waals surface area contributed by atoms with Crippen molar-refractivity contribution in [2.24, 2.45) is 5.92 Å². The average molecular weight is 301 g/mol. The maximum absolute atomic E-state index is 13.3. The Labute approximate surface area is 110 Å². The van der Waals surface area contributed by atoms with Gasteiger partial charge in [0, 0.05) is 13.1 Å². The van der Waals surface area contributed by atoms with Gasteiger partial charge >= 0.3 is 0 Å². The summed E-state index contributed by atoms with van der Waals surface area (Å²) in [7, 11) is 2.16. The molecule has 94 valence electrons. The molecule has 1 aliphatic rings. The van der Waals surface area contributed by atoms with Gasteiger partial charge in [0.2, 0.25) is 0 Å². The predicted octanol–water partition coefficient (Wildman–Crippen LogP) is 2.63. The van der Waals surface area contributed by atoms with Crippen LogP contribution in [-0.4, -0.2) is 31.6 Å². The Kier molecular flexibility index (Phi) is 4.54. The molecule has 0 aliphatic carbocycles. The van der Waals surface area contributed by atoms with Crippen molar-refractivity contribution in [1.82, 2.24) is 10.2 Å². The number of halogens is 2. The number of hydrogen-bond donors (Lipinski definition) is 1. The van der Waals surface area contributed by atoms with Gasteiger partial charge < -0.3 is 10.2 Å². The summed E-state index contributed by atoms with van der Waals surface area (Å²) in [6.07, 6.45) is 1.26. The maximum atomic E-state index is 13.3. The summed E-state index contributed by atoms with van der Waals surface area (Å²) in [4.78, 5) is 2.35. The van der Waals surface area contributed by atoms with Gasteiger partial charge in [0.25, 0.3) is 0 Å². The molecule has 1 heterocycles. The molecule has 1 aromatic rings. The lowest BCUT2D eigenvalue weighted by Gasteiger charge is -2.11. The first-order chi connectivity index (χ1) is 8.15. The van der Waals surface area contributed by atoms with E-state index < -0.39 is 0 Å². The first-order valence-electron chi connectivity index (χ1n) is 5.98. The second kappa shape index (κ2) is 5.94. The summed E-state index contributed by atoms with van der Waals surface area (Å²) in [5, 5.41) is 3.40. The van der Waals surface area contributed by atoms with Gasteiger partial charge in [-0.1, -0.05) is 6.07 Å². The minimum Gasteiger partial charge on any atom is -0.312 e. The smallest absolute Gasteiger partial charge is 0.137 e. The molecule has 2 rings (SSSR count). The summed E-state index contributed by atoms with van der Waals surface area (Å²) < 4.78 is 13.8. The number of hydrogen-bond acceptors (Lipinski definition) is 2. The van der Waals surface area contributed by atoms with Crippen LogP contribution < -0.4 is 5.32 Å². The zero-order valence-corrected chi connectivity index (χ0v) is 11.6. The summed E-state index contributed by atoms with van der Waals surface area (Å²) in [5.74, 6) is 0.546. The number of rotatable bonds is 4. The Morgan fingerprint density at radius 2 is 2.35 bits per heavy atom. The normalized spacial score (nSPS) is 21.0. The van der Waals surface area contributed by atoms with E-state index in [2.05, 4.69) is 33.2 Å². The second-order valence-electron chi connectivity index (χ2n) is 4.80. The third kappa shape index (κ3) is 3.76. The van der Waals surface area contributed by atoms with E-state index in [4.69, 9.17) is 0 Å². The van der Waals surface area contributed by atoms with Crippen LogP contribution in [-0.2, 0) is 6.54 Å². The molecular formula is C13H18BrFN2. The van der Waals surface area contributed by atoms with Crippen LogP contribution in [0.3, 0.4) is 0 Å². The summed E-state index contributed by atoms with van der Waals surface area (Å²) in [6.45, 7) is 4.12. The fraction of sp³-hybridized carbons (Fsp3) is 0.538. The summed E-state index contributed by atoms with van der Waals surface area (Å²) >= 11 is 3.16. The van der Waals surface area contributed by atoms with Crippen molar-refractivity contribution in [3.05, 3.63) is 34.1 Å². The van der Waals surface area contributed by atoms with Gasteiger partial charge in [-0.15, -0.1) is 0 Å². The van der Waals surface area contributed by atoms with Crippen LogP contribution in [0.1, 0.15) is 12.0 Å². The lowest BCUT2D eigenvalue weighted by molar-refractivity contribution is 0.388. The fourth-order valence-corrected chi connectivity index (χ4v) is 2.51. The molecule has 4 heteroatoms. The van der Waals surface area contributed by atoms with Crippen LogP contribution >= 0.6 is 15.9 Å². The molecule has 0 bridgehead atoms. The molecule has 1 N–H and O–H groups in total. The van der Waals surface area contributed by atoms with E-state index in [1.165, 1.54) is 19.5 Å². The van der Waals surface area contributed by atoms with Crippen LogP contribution in [0.5, 0.6) is 0 Å². The Morgan fingerprint density at radius 1 is 1.53 bits per heavy atom. The highest BCUT2D eigenvalue weighted by atomic mass is 79.9. The van der Waals surface area contributed by atoms with Gasteiger partial charge in [0.1, 0.15) is 5.82 Å². The monoisotopic (exact) mass is 300 g/mol. The van der Waals surface area contributed by atoms with Gasteiger partial charge in [0.15, 0.2) is 0 Å². The van der Waals surface area contributed by atoms with Gasteiger partial charge in [-0.05, 0) is 66.1 Å². The van der Waals surface area contributed by atoms with Gasteiger partial charge in [0.05, 0.1) is 4.47 Å². The molecule has 1 saturated heterocycles. The van der Waals surface area contributed by atoms with Crippen LogP contribution in [0.15, 0.2) is 22.7 Å². The third-order valence-electron chi connectivity index (χ3n) is 3.24. The summed E-state index contributed by atoms with van der Waals surface area (Å²) in [6, 6.07) is 5.29. The predicted molar refractivity (Wildman–Crippen MR) is 71.4 cm³/mol. The third-order valence-corrected chi connectivity index (χ3v) is 3.88. The standard InChI is InChI=1S/C13H18BrFN2/c1-17-5-4-11(9-17)8-16-7-10-2-3-12(14)13(15)6-10/h2-3,6,11,16H,4-5,7-9H2,1H3. The first-order valence-corrected chi connectivity index (χ1v) is 6.77. The van der Waals surface area contributed by atoms with E-state index in [0.29, 0.717) is 4.47 Å². The Balaban J connectivity index is 1.76. The second-order valence-corrected chi connectivity index (χ2v) is 5.65. The van der Waals surface area contributed by atoms with Gasteiger partial charge in [-0.2, -0.15) is 0 Å². The molecule has 1 fully saturated rings. The molecule has 1 aromatic carbocycles. The Morgan fingerprint density at radius 3 is 3.00 bits per heavy atom. The van der Waals surface area contributed by atoms with Crippen molar-refractivity contribution in [2.75, 3.05) is 26.7 Å². The van der Waals surface area contributed by atoms with Crippen LogP contribution in [0, 0.1) is 11.7 Å². The van der Waals surface area contributed by atoms with Crippen molar-refractivity contribution in [3.8, 4) is 0 Å². The molecule has 0 spiro atoms. The maximum Gasteiger partial charge on any atom is 0.137 e. The van der Waals surface area contributed by atoms with Crippen molar-refractivity contribution in [3.63, 3.8) is 0 Å². The molecule has 0 amide bonds. The average Bonchev–Trinajstić information content (AvgIpc) is 2.70. The lowest BCUT2D eigenvalue weighted by Crippen LogP contribution is -2.24. The molecule has 1 aliphatic heterocycles. The zero-order valence-electron chi connectivity index (χ0n) is 10.0. The number of benzene rings is 1. The largest absolute Gasteiger partial charge is 0.312 e. The van der Waals surface area contributed by atoms with Crippen LogP contribution in [0.2, 0.25) is 0 Å². The Bertz CT molecular complexity index is 384. The van der Waals surface area contributed by atoms with E-state index in [1.807, 2.05) is 6.07 Å². The van der Waals surface area contributed by atoms with E-state index >= 15 is 0 Å². The minimum atomic E-state index is -0.190. The minimum absolute atomic E-state index is 0.190. The van der Waals surface area contributed by atoms with Crippen molar-refractivity contribution in [1.29, 1.82) is 0 Å². The SMILES string of the molecule is CN1CCC(CNCc2ccc(Br)c(F)c2)C1. The number of likely N-dealkylation sites (tertiary alicyclic amines) is 1. The topological polar surface area (TPSA) is 15.3 Å². The van der Waals surface area contributed by atoms with Crippen molar-refractivity contribution < 1.29 is 4.39 Å². The van der Waals surface area contributed by atoms with Crippen molar-refractivity contribution in [2.45, 2.75) is 13.0 Å². The van der Waals surface area contributed by atoms with E-state index in [-0.39, 0.29) is 5.82 Å². The number of nitrogens with one attached hydrogen (secondary N) is 1.